The number of carboxylic acids is 1. The lowest BCUT2D eigenvalue weighted by molar-refractivity contribution is 0.0694. The highest BCUT2D eigenvalue weighted by molar-refractivity contribution is 5.89. The van der Waals surface area contributed by atoms with Crippen LogP contribution in [0.5, 0.6) is 0 Å². The molecule has 1 heterocycles. The van der Waals surface area contributed by atoms with E-state index < -0.39 is 5.97 Å². The maximum atomic E-state index is 11.2. The number of carboxylic acid groups (broad SMARTS) is 1. The molecule has 1 aliphatic rings. The summed E-state index contributed by atoms with van der Waals surface area (Å²) in [5.41, 5.74) is 1.32. The second-order valence-corrected chi connectivity index (χ2v) is 5.66. The van der Waals surface area contributed by atoms with Gasteiger partial charge in [-0.25, -0.2) is 4.79 Å². The topological polar surface area (TPSA) is 43.8 Å². The molecule has 1 saturated heterocycles. The maximum Gasteiger partial charge on any atom is 0.336 e. The van der Waals surface area contributed by atoms with Gasteiger partial charge in [-0.3, -0.25) is 4.90 Å². The van der Waals surface area contributed by atoms with E-state index in [9.17, 15) is 9.90 Å². The quantitative estimate of drug-likeness (QED) is 0.898. The summed E-state index contributed by atoms with van der Waals surface area (Å²) in [5.74, 6) is -0.223. The van der Waals surface area contributed by atoms with E-state index in [-0.39, 0.29) is 0 Å². The zero-order chi connectivity index (χ0) is 14.0. The van der Waals surface area contributed by atoms with Crippen molar-refractivity contribution in [3.63, 3.8) is 0 Å². The van der Waals surface area contributed by atoms with Crippen LogP contribution in [-0.4, -0.2) is 54.1 Å². The Hall–Kier alpha value is -1.39. The smallest absolute Gasteiger partial charge is 0.336 e. The molecule has 0 aliphatic carbocycles. The molecule has 0 amide bonds. The van der Waals surface area contributed by atoms with Gasteiger partial charge in [0, 0.05) is 25.7 Å². The molecule has 0 bridgehead atoms. The molecule has 0 saturated carbocycles. The van der Waals surface area contributed by atoms with Crippen LogP contribution in [0.15, 0.2) is 24.3 Å². The SMILES string of the molecule is CC1CN(Cc2ccccc2C(=O)O)CC1N(C)C. The fourth-order valence-corrected chi connectivity index (χ4v) is 2.96. The van der Waals surface area contributed by atoms with Gasteiger partial charge in [0.05, 0.1) is 5.56 Å². The summed E-state index contributed by atoms with van der Waals surface area (Å²) in [7, 11) is 4.21. The van der Waals surface area contributed by atoms with Crippen molar-refractivity contribution in [3.8, 4) is 0 Å². The third kappa shape index (κ3) is 3.14. The van der Waals surface area contributed by atoms with Gasteiger partial charge in [-0.1, -0.05) is 25.1 Å². The Morgan fingerprint density at radius 1 is 1.37 bits per heavy atom. The molecule has 0 aromatic heterocycles. The molecular formula is C15H22N2O2. The van der Waals surface area contributed by atoms with Crippen LogP contribution in [0, 0.1) is 5.92 Å². The second-order valence-electron chi connectivity index (χ2n) is 5.66. The van der Waals surface area contributed by atoms with Crippen molar-refractivity contribution in [2.75, 3.05) is 27.2 Å². The molecule has 1 N–H and O–H groups in total. The number of carbonyl (C=O) groups is 1. The van der Waals surface area contributed by atoms with Gasteiger partial charge in [-0.15, -0.1) is 0 Å². The monoisotopic (exact) mass is 262 g/mol. The largest absolute Gasteiger partial charge is 0.478 e. The van der Waals surface area contributed by atoms with E-state index in [0.29, 0.717) is 17.5 Å². The Bertz CT molecular complexity index is 459. The summed E-state index contributed by atoms with van der Waals surface area (Å²) in [6.45, 7) is 5.00. The molecule has 4 nitrogen and oxygen atoms in total. The lowest BCUT2D eigenvalue weighted by Crippen LogP contribution is -2.34. The molecule has 4 heteroatoms. The molecule has 2 unspecified atom stereocenters. The van der Waals surface area contributed by atoms with Crippen molar-refractivity contribution in [1.82, 2.24) is 9.80 Å². The third-order valence-corrected chi connectivity index (χ3v) is 3.95. The molecule has 0 spiro atoms. The van der Waals surface area contributed by atoms with Gasteiger partial charge in [0.15, 0.2) is 0 Å². The number of rotatable bonds is 4. The number of hydrogen-bond acceptors (Lipinski definition) is 3. The standard InChI is InChI=1S/C15H22N2O2/c1-11-8-17(10-14(11)16(2)3)9-12-6-4-5-7-13(12)15(18)19/h4-7,11,14H,8-10H2,1-3H3,(H,18,19). The van der Waals surface area contributed by atoms with Crippen molar-refractivity contribution >= 4 is 5.97 Å². The van der Waals surface area contributed by atoms with E-state index >= 15 is 0 Å². The van der Waals surface area contributed by atoms with Gasteiger partial charge in [-0.05, 0) is 31.6 Å². The van der Waals surface area contributed by atoms with Crippen LogP contribution in [0.3, 0.4) is 0 Å². The van der Waals surface area contributed by atoms with Crippen LogP contribution < -0.4 is 0 Å². The minimum atomic E-state index is -0.841. The molecule has 0 radical (unpaired) electrons. The van der Waals surface area contributed by atoms with Gasteiger partial charge in [-0.2, -0.15) is 0 Å². The first-order chi connectivity index (χ1) is 8.99. The maximum absolute atomic E-state index is 11.2. The van der Waals surface area contributed by atoms with Crippen molar-refractivity contribution in [1.29, 1.82) is 0 Å². The molecule has 1 aliphatic heterocycles. The van der Waals surface area contributed by atoms with E-state index in [4.69, 9.17) is 0 Å². The number of hydrogen-bond donors (Lipinski definition) is 1. The molecule has 104 valence electrons. The van der Waals surface area contributed by atoms with Crippen LogP contribution in [0.2, 0.25) is 0 Å². The summed E-state index contributed by atoms with van der Waals surface area (Å²) in [5, 5.41) is 9.21. The average molecular weight is 262 g/mol. The van der Waals surface area contributed by atoms with Gasteiger partial charge in [0.1, 0.15) is 0 Å². The van der Waals surface area contributed by atoms with Crippen LogP contribution in [0.1, 0.15) is 22.8 Å². The summed E-state index contributed by atoms with van der Waals surface area (Å²) in [6.07, 6.45) is 0. The summed E-state index contributed by atoms with van der Waals surface area (Å²) < 4.78 is 0. The van der Waals surface area contributed by atoms with E-state index in [1.807, 2.05) is 12.1 Å². The molecule has 19 heavy (non-hydrogen) atoms. The number of likely N-dealkylation sites (N-methyl/N-ethyl adjacent to an activating group) is 1. The minimum absolute atomic E-state index is 0.420. The first-order valence-electron chi connectivity index (χ1n) is 6.69. The Kier molecular flexibility index (Phi) is 4.22. The molecule has 1 aromatic rings. The van der Waals surface area contributed by atoms with Crippen molar-refractivity contribution < 1.29 is 9.90 Å². The highest BCUT2D eigenvalue weighted by Crippen LogP contribution is 2.22. The lowest BCUT2D eigenvalue weighted by Gasteiger charge is -2.22. The Morgan fingerprint density at radius 3 is 2.63 bits per heavy atom. The van der Waals surface area contributed by atoms with Gasteiger partial charge >= 0.3 is 5.97 Å². The van der Waals surface area contributed by atoms with Crippen molar-refractivity contribution in [3.05, 3.63) is 35.4 Å². The van der Waals surface area contributed by atoms with Crippen LogP contribution >= 0.6 is 0 Å². The van der Waals surface area contributed by atoms with Crippen molar-refractivity contribution in [2.24, 2.45) is 5.92 Å². The van der Waals surface area contributed by atoms with Gasteiger partial charge in [0.25, 0.3) is 0 Å². The number of aromatic carboxylic acids is 1. The van der Waals surface area contributed by atoms with Crippen LogP contribution in [0.4, 0.5) is 0 Å². The highest BCUT2D eigenvalue weighted by Gasteiger charge is 2.31. The summed E-state index contributed by atoms with van der Waals surface area (Å²) >= 11 is 0. The summed E-state index contributed by atoms with van der Waals surface area (Å²) in [6, 6.07) is 7.84. The zero-order valence-electron chi connectivity index (χ0n) is 11.8. The first-order valence-corrected chi connectivity index (χ1v) is 6.69. The van der Waals surface area contributed by atoms with E-state index in [2.05, 4.69) is 30.8 Å². The normalized spacial score (nSPS) is 24.0. The molecule has 1 aromatic carbocycles. The van der Waals surface area contributed by atoms with Gasteiger partial charge < -0.3 is 10.0 Å². The Labute approximate surface area is 114 Å². The number of nitrogens with zero attached hydrogens (tertiary/aromatic N) is 2. The predicted octanol–water partition coefficient (Wildman–Crippen LogP) is 1.77. The van der Waals surface area contributed by atoms with Crippen LogP contribution in [-0.2, 0) is 6.54 Å². The van der Waals surface area contributed by atoms with E-state index in [1.54, 1.807) is 12.1 Å². The second kappa shape index (κ2) is 5.72. The third-order valence-electron chi connectivity index (χ3n) is 3.95. The van der Waals surface area contributed by atoms with Crippen molar-refractivity contribution in [2.45, 2.75) is 19.5 Å². The number of benzene rings is 1. The Morgan fingerprint density at radius 2 is 2.05 bits per heavy atom. The van der Waals surface area contributed by atoms with E-state index in [0.717, 1.165) is 25.2 Å². The fourth-order valence-electron chi connectivity index (χ4n) is 2.96. The fraction of sp³-hybridized carbons (Fsp3) is 0.533. The highest BCUT2D eigenvalue weighted by atomic mass is 16.4. The average Bonchev–Trinajstić information content (AvgIpc) is 2.71. The lowest BCUT2D eigenvalue weighted by atomic mass is 10.1. The zero-order valence-corrected chi connectivity index (χ0v) is 11.8. The first kappa shape index (κ1) is 14.0. The van der Waals surface area contributed by atoms with E-state index in [1.165, 1.54) is 0 Å². The molecular weight excluding hydrogens is 240 g/mol. The number of likely N-dealkylation sites (tertiary alicyclic amines) is 1. The molecule has 2 atom stereocenters. The molecule has 2 rings (SSSR count). The minimum Gasteiger partial charge on any atom is -0.478 e. The predicted molar refractivity (Wildman–Crippen MR) is 75.3 cm³/mol. The molecule has 1 fully saturated rings. The van der Waals surface area contributed by atoms with Gasteiger partial charge in [0.2, 0.25) is 0 Å². The summed E-state index contributed by atoms with van der Waals surface area (Å²) in [4.78, 5) is 15.8. The van der Waals surface area contributed by atoms with Crippen LogP contribution in [0.25, 0.3) is 0 Å². The Balaban J connectivity index is 2.09.